The first kappa shape index (κ1) is 8.61. The fourth-order valence-corrected chi connectivity index (χ4v) is 0.571. The predicted molar refractivity (Wildman–Crippen MR) is 35.8 cm³/mol. The fourth-order valence-electron chi connectivity index (χ4n) is 0.571. The SMILES string of the molecule is [2H]C(=O)C[C@@H](O)[C@@H](O)[C@H](O)CO. The average molecular weight is 165 g/mol. The van der Waals surface area contributed by atoms with Gasteiger partial charge in [0.25, 0.3) is 0 Å². The maximum absolute atomic E-state index is 10.1. The number of carbonyl (C=O) groups excluding carboxylic acids is 1. The van der Waals surface area contributed by atoms with Gasteiger partial charge in [-0.1, -0.05) is 0 Å². The van der Waals surface area contributed by atoms with E-state index in [0.717, 1.165) is 0 Å². The van der Waals surface area contributed by atoms with Crippen LogP contribution in [0.2, 0.25) is 0 Å². The molecule has 0 unspecified atom stereocenters. The van der Waals surface area contributed by atoms with Crippen molar-refractivity contribution in [3.8, 4) is 0 Å². The van der Waals surface area contributed by atoms with E-state index < -0.39 is 37.6 Å². The molecule has 3 atom stereocenters. The lowest BCUT2D eigenvalue weighted by Crippen LogP contribution is -2.39. The topological polar surface area (TPSA) is 98.0 Å². The highest BCUT2D eigenvalue weighted by molar-refractivity contribution is 5.50. The van der Waals surface area contributed by atoms with Crippen molar-refractivity contribution in [1.82, 2.24) is 0 Å². The van der Waals surface area contributed by atoms with Crippen LogP contribution < -0.4 is 0 Å². The third-order valence-corrected chi connectivity index (χ3v) is 1.27. The standard InChI is InChI=1S/C6H12O5/c7-2-1-4(9)6(11)5(10)3-8/h2,4-6,8-11H,1,3H2/t4-,5-,6-/m1/s1/i2D. The maximum atomic E-state index is 10.1. The lowest BCUT2D eigenvalue weighted by atomic mass is 10.1. The van der Waals surface area contributed by atoms with Gasteiger partial charge >= 0.3 is 0 Å². The second-order valence-electron chi connectivity index (χ2n) is 2.16. The van der Waals surface area contributed by atoms with Crippen LogP contribution in [0, 0.1) is 0 Å². The Hall–Kier alpha value is -0.490. The van der Waals surface area contributed by atoms with Gasteiger partial charge in [0.05, 0.1) is 12.7 Å². The van der Waals surface area contributed by atoms with Crippen LogP contribution in [-0.4, -0.2) is 51.6 Å². The van der Waals surface area contributed by atoms with Gasteiger partial charge in [0.15, 0.2) is 0 Å². The number of carbonyl (C=O) groups is 1. The third-order valence-electron chi connectivity index (χ3n) is 1.27. The molecule has 0 bridgehead atoms. The third kappa shape index (κ3) is 3.43. The Labute approximate surface area is 65.3 Å². The molecule has 0 radical (unpaired) electrons. The molecule has 0 aliphatic carbocycles. The Morgan fingerprint density at radius 1 is 1.36 bits per heavy atom. The molecule has 0 fully saturated rings. The van der Waals surface area contributed by atoms with Crippen molar-refractivity contribution in [3.05, 3.63) is 0 Å². The van der Waals surface area contributed by atoms with Crippen molar-refractivity contribution >= 4 is 6.26 Å². The first-order chi connectivity index (χ1) is 5.49. The molecule has 0 aliphatic heterocycles. The highest BCUT2D eigenvalue weighted by Gasteiger charge is 2.23. The molecule has 0 spiro atoms. The van der Waals surface area contributed by atoms with Gasteiger partial charge in [-0.25, -0.2) is 0 Å². The van der Waals surface area contributed by atoms with Gasteiger partial charge in [-0.15, -0.1) is 0 Å². The molecule has 0 saturated carbocycles. The normalized spacial score (nSPS) is 20.2. The lowest BCUT2D eigenvalue weighted by Gasteiger charge is -2.19. The number of hydrogen-bond donors (Lipinski definition) is 4. The lowest BCUT2D eigenvalue weighted by molar-refractivity contribution is -0.115. The minimum Gasteiger partial charge on any atom is -0.394 e. The monoisotopic (exact) mass is 165 g/mol. The summed E-state index contributed by atoms with van der Waals surface area (Å²) in [6, 6.07) is 0. The number of aliphatic hydroxyl groups is 4. The van der Waals surface area contributed by atoms with Crippen molar-refractivity contribution in [2.75, 3.05) is 6.61 Å². The Bertz CT molecular complexity index is 151. The zero-order chi connectivity index (χ0) is 9.72. The zero-order valence-corrected chi connectivity index (χ0v) is 5.84. The van der Waals surface area contributed by atoms with Crippen LogP contribution in [0.5, 0.6) is 0 Å². The summed E-state index contributed by atoms with van der Waals surface area (Å²) in [5, 5.41) is 35.0. The molecule has 0 aromatic heterocycles. The Balaban J connectivity index is 3.91. The van der Waals surface area contributed by atoms with Crippen molar-refractivity contribution < 1.29 is 26.6 Å². The molecule has 5 nitrogen and oxygen atoms in total. The summed E-state index contributed by atoms with van der Waals surface area (Å²) in [4.78, 5) is 10.1. The highest BCUT2D eigenvalue weighted by atomic mass is 16.4. The van der Waals surface area contributed by atoms with E-state index in [0.29, 0.717) is 0 Å². The Morgan fingerprint density at radius 2 is 1.91 bits per heavy atom. The molecule has 4 N–H and O–H groups in total. The van der Waals surface area contributed by atoms with E-state index in [1.54, 1.807) is 0 Å². The minimum atomic E-state index is -1.59. The zero-order valence-electron chi connectivity index (χ0n) is 6.84. The summed E-state index contributed by atoms with van der Waals surface area (Å²) < 4.78 is 6.45. The molecule has 0 saturated heterocycles. The van der Waals surface area contributed by atoms with Gasteiger partial charge in [0.1, 0.15) is 19.8 Å². The summed E-state index contributed by atoms with van der Waals surface area (Å²) in [5.74, 6) is 0. The molecule has 0 amide bonds. The Kier molecular flexibility index (Phi) is 4.07. The smallest absolute Gasteiger partial charge is 0.122 e. The van der Waals surface area contributed by atoms with E-state index in [1.165, 1.54) is 0 Å². The number of aliphatic hydroxyl groups excluding tert-OH is 4. The molecular weight excluding hydrogens is 152 g/mol. The first-order valence-corrected chi connectivity index (χ1v) is 3.13. The molecule has 0 aliphatic rings. The van der Waals surface area contributed by atoms with E-state index in [-0.39, 0.29) is 0 Å². The van der Waals surface area contributed by atoms with E-state index in [4.69, 9.17) is 21.8 Å². The molecule has 5 heteroatoms. The maximum Gasteiger partial charge on any atom is 0.122 e. The van der Waals surface area contributed by atoms with Crippen LogP contribution in [0.3, 0.4) is 0 Å². The van der Waals surface area contributed by atoms with Crippen molar-refractivity contribution in [3.63, 3.8) is 0 Å². The van der Waals surface area contributed by atoms with Gasteiger partial charge in [-0.2, -0.15) is 0 Å². The molecule has 0 heterocycles. The molecular formula is C6H12O5. The molecule has 0 rings (SSSR count). The van der Waals surface area contributed by atoms with Gasteiger partial charge in [-0.3, -0.25) is 0 Å². The van der Waals surface area contributed by atoms with Crippen LogP contribution in [0.25, 0.3) is 0 Å². The van der Waals surface area contributed by atoms with E-state index >= 15 is 0 Å². The average Bonchev–Trinajstić information content (AvgIpc) is 2.00. The molecule has 11 heavy (non-hydrogen) atoms. The van der Waals surface area contributed by atoms with Crippen molar-refractivity contribution in [2.45, 2.75) is 24.7 Å². The van der Waals surface area contributed by atoms with Crippen LogP contribution >= 0.6 is 0 Å². The Morgan fingerprint density at radius 3 is 2.27 bits per heavy atom. The predicted octanol–water partition coefficient (Wildman–Crippen LogP) is -2.35. The number of hydrogen-bond acceptors (Lipinski definition) is 5. The molecule has 0 aromatic rings. The summed E-state index contributed by atoms with van der Waals surface area (Å²) in [7, 11) is 0. The van der Waals surface area contributed by atoms with Crippen LogP contribution in [0.1, 0.15) is 7.79 Å². The van der Waals surface area contributed by atoms with E-state index in [9.17, 15) is 4.79 Å². The summed E-state index contributed by atoms with van der Waals surface area (Å²) in [6.45, 7) is -0.704. The molecule has 66 valence electrons. The highest BCUT2D eigenvalue weighted by Crippen LogP contribution is 2.01. The van der Waals surface area contributed by atoms with Gasteiger partial charge < -0.3 is 25.2 Å². The summed E-state index contributed by atoms with van der Waals surface area (Å²) in [6.07, 6.45) is -6.18. The number of rotatable bonds is 5. The second-order valence-corrected chi connectivity index (χ2v) is 2.16. The van der Waals surface area contributed by atoms with Crippen molar-refractivity contribution in [2.24, 2.45) is 0 Å². The quantitative estimate of drug-likeness (QED) is 0.342. The largest absolute Gasteiger partial charge is 0.394 e. The fraction of sp³-hybridized carbons (Fsp3) is 0.833. The summed E-state index contributed by atoms with van der Waals surface area (Å²) >= 11 is 0. The van der Waals surface area contributed by atoms with Crippen LogP contribution in [0.4, 0.5) is 0 Å². The minimum absolute atomic E-state index is 0.557. The number of aldehydes is 1. The van der Waals surface area contributed by atoms with Crippen LogP contribution in [0.15, 0.2) is 0 Å². The van der Waals surface area contributed by atoms with Gasteiger partial charge in [0.2, 0.25) is 0 Å². The first-order valence-electron chi connectivity index (χ1n) is 3.63. The van der Waals surface area contributed by atoms with E-state index in [2.05, 4.69) is 0 Å². The summed E-state index contributed by atoms with van der Waals surface area (Å²) in [5.41, 5.74) is 0. The van der Waals surface area contributed by atoms with Gasteiger partial charge in [-0.05, 0) is 0 Å². The second kappa shape index (κ2) is 5.20. The molecule has 0 aromatic carbocycles. The van der Waals surface area contributed by atoms with Crippen molar-refractivity contribution in [1.29, 1.82) is 0 Å². The van der Waals surface area contributed by atoms with E-state index in [1.807, 2.05) is 0 Å². The van der Waals surface area contributed by atoms with Gasteiger partial charge in [0, 0.05) is 6.42 Å². The van der Waals surface area contributed by atoms with Crippen LogP contribution in [-0.2, 0) is 4.79 Å².